The van der Waals surface area contributed by atoms with E-state index in [9.17, 15) is 4.79 Å². The Morgan fingerprint density at radius 2 is 1.63 bits per heavy atom. The van der Waals surface area contributed by atoms with Crippen LogP contribution in [0.5, 0.6) is 0 Å². The number of hydrazone groups is 1. The summed E-state index contributed by atoms with van der Waals surface area (Å²) in [7, 11) is 0. The second kappa shape index (κ2) is 9.85. The van der Waals surface area contributed by atoms with Gasteiger partial charge in [-0.1, -0.05) is 66.2 Å². The van der Waals surface area contributed by atoms with E-state index in [-0.39, 0.29) is 5.91 Å². The van der Waals surface area contributed by atoms with Crippen LogP contribution in [-0.4, -0.2) is 54.6 Å². The van der Waals surface area contributed by atoms with Crippen molar-refractivity contribution in [2.45, 2.75) is 6.54 Å². The third-order valence-corrected chi connectivity index (χ3v) is 5.62. The molecule has 3 aromatic carbocycles. The fourth-order valence-corrected chi connectivity index (χ4v) is 3.85. The Morgan fingerprint density at radius 1 is 0.933 bits per heavy atom. The Bertz CT molecular complexity index is 1020. The molecular weight excluding hydrogens is 396 g/mol. The summed E-state index contributed by atoms with van der Waals surface area (Å²) in [6.07, 6.45) is 1.71. The van der Waals surface area contributed by atoms with E-state index in [1.807, 2.05) is 36.4 Å². The van der Waals surface area contributed by atoms with E-state index in [0.29, 0.717) is 6.54 Å². The lowest BCUT2D eigenvalue weighted by Crippen LogP contribution is -2.48. The second-order valence-electron chi connectivity index (χ2n) is 7.54. The normalized spacial score (nSPS) is 15.6. The number of benzene rings is 3. The van der Waals surface area contributed by atoms with Crippen LogP contribution in [0.15, 0.2) is 71.8 Å². The van der Waals surface area contributed by atoms with Gasteiger partial charge in [-0.3, -0.25) is 14.6 Å². The van der Waals surface area contributed by atoms with Crippen molar-refractivity contribution in [1.29, 1.82) is 0 Å². The van der Waals surface area contributed by atoms with Gasteiger partial charge in [0.1, 0.15) is 0 Å². The van der Waals surface area contributed by atoms with Crippen molar-refractivity contribution in [3.8, 4) is 0 Å². The molecule has 154 valence electrons. The van der Waals surface area contributed by atoms with Gasteiger partial charge in [-0.15, -0.1) is 0 Å². The smallest absolute Gasteiger partial charge is 0.254 e. The fourth-order valence-electron chi connectivity index (χ4n) is 3.73. The molecule has 1 fully saturated rings. The number of halogens is 1. The predicted molar refractivity (Wildman–Crippen MR) is 123 cm³/mol. The molecule has 0 saturated carbocycles. The quantitative estimate of drug-likeness (QED) is 0.488. The van der Waals surface area contributed by atoms with Crippen LogP contribution in [0.4, 0.5) is 0 Å². The summed E-state index contributed by atoms with van der Waals surface area (Å²) in [6, 6.07) is 22.2. The Labute approximate surface area is 181 Å². The van der Waals surface area contributed by atoms with E-state index in [4.69, 9.17) is 11.6 Å². The van der Waals surface area contributed by atoms with Crippen molar-refractivity contribution >= 4 is 34.5 Å². The van der Waals surface area contributed by atoms with Gasteiger partial charge >= 0.3 is 0 Å². The molecule has 0 aromatic heterocycles. The van der Waals surface area contributed by atoms with Gasteiger partial charge in [0.25, 0.3) is 5.91 Å². The maximum atomic E-state index is 12.3. The summed E-state index contributed by atoms with van der Waals surface area (Å²) in [6.45, 7) is 4.89. The van der Waals surface area contributed by atoms with Crippen molar-refractivity contribution in [2.75, 3.05) is 32.7 Å². The number of nitrogens with zero attached hydrogens (tertiary/aromatic N) is 3. The van der Waals surface area contributed by atoms with Gasteiger partial charge in [0.05, 0.1) is 12.8 Å². The van der Waals surface area contributed by atoms with Crippen molar-refractivity contribution in [2.24, 2.45) is 5.10 Å². The first kappa shape index (κ1) is 20.5. The van der Waals surface area contributed by atoms with Crippen LogP contribution in [0.2, 0.25) is 5.02 Å². The summed E-state index contributed by atoms with van der Waals surface area (Å²) in [5, 5.41) is 7.20. The molecule has 0 unspecified atom stereocenters. The highest BCUT2D eigenvalue weighted by Gasteiger charge is 2.18. The van der Waals surface area contributed by atoms with Crippen LogP contribution in [0.25, 0.3) is 10.8 Å². The first-order chi connectivity index (χ1) is 14.7. The lowest BCUT2D eigenvalue weighted by Gasteiger charge is -2.34. The summed E-state index contributed by atoms with van der Waals surface area (Å²) in [5.41, 5.74) is 4.91. The molecule has 6 heteroatoms. The van der Waals surface area contributed by atoms with Crippen LogP contribution >= 0.6 is 11.6 Å². The number of hydrogen-bond donors (Lipinski definition) is 1. The molecular formula is C24H25ClN4O. The van der Waals surface area contributed by atoms with Crippen molar-refractivity contribution in [1.82, 2.24) is 15.2 Å². The Balaban J connectivity index is 1.23. The highest BCUT2D eigenvalue weighted by atomic mass is 35.5. The number of carbonyl (C=O) groups excluding carboxylic acids is 1. The average molecular weight is 421 g/mol. The second-order valence-corrected chi connectivity index (χ2v) is 7.98. The third-order valence-electron chi connectivity index (χ3n) is 5.37. The van der Waals surface area contributed by atoms with E-state index in [1.54, 1.807) is 6.21 Å². The van der Waals surface area contributed by atoms with Crippen LogP contribution in [-0.2, 0) is 11.3 Å². The van der Waals surface area contributed by atoms with E-state index >= 15 is 0 Å². The van der Waals surface area contributed by atoms with Gasteiger partial charge in [-0.2, -0.15) is 5.10 Å². The summed E-state index contributed by atoms with van der Waals surface area (Å²) in [4.78, 5) is 16.8. The number of carbonyl (C=O) groups is 1. The lowest BCUT2D eigenvalue weighted by molar-refractivity contribution is -0.122. The minimum absolute atomic E-state index is 0.0855. The fraction of sp³-hybridized carbons (Fsp3) is 0.250. The molecule has 30 heavy (non-hydrogen) atoms. The van der Waals surface area contributed by atoms with Crippen molar-refractivity contribution in [3.05, 3.63) is 82.9 Å². The summed E-state index contributed by atoms with van der Waals surface area (Å²) in [5.74, 6) is -0.0855. The lowest BCUT2D eigenvalue weighted by atomic mass is 10.1. The number of hydrogen-bond acceptors (Lipinski definition) is 4. The number of fused-ring (bicyclic) bond motifs is 1. The van der Waals surface area contributed by atoms with Gasteiger partial charge in [0, 0.05) is 43.3 Å². The van der Waals surface area contributed by atoms with Crippen LogP contribution < -0.4 is 5.43 Å². The zero-order chi connectivity index (χ0) is 20.8. The highest BCUT2D eigenvalue weighted by molar-refractivity contribution is 6.30. The van der Waals surface area contributed by atoms with Gasteiger partial charge < -0.3 is 0 Å². The maximum Gasteiger partial charge on any atom is 0.254 e. The van der Waals surface area contributed by atoms with Crippen LogP contribution in [0.3, 0.4) is 0 Å². The number of rotatable bonds is 6. The number of piperazine rings is 1. The zero-order valence-corrected chi connectivity index (χ0v) is 17.6. The molecule has 1 heterocycles. The van der Waals surface area contributed by atoms with E-state index in [2.05, 4.69) is 50.7 Å². The van der Waals surface area contributed by atoms with Gasteiger partial charge in [0.15, 0.2) is 0 Å². The molecule has 1 saturated heterocycles. The summed E-state index contributed by atoms with van der Waals surface area (Å²) >= 11 is 5.95. The SMILES string of the molecule is O=C(CN1CCN(Cc2ccc(Cl)cc2)CC1)N/N=C\c1cccc2ccccc12. The topological polar surface area (TPSA) is 47.9 Å². The minimum Gasteiger partial charge on any atom is -0.297 e. The molecule has 0 radical (unpaired) electrons. The molecule has 4 rings (SSSR count). The van der Waals surface area contributed by atoms with Crippen LogP contribution in [0.1, 0.15) is 11.1 Å². The molecule has 1 aliphatic rings. The van der Waals surface area contributed by atoms with E-state index < -0.39 is 0 Å². The van der Waals surface area contributed by atoms with E-state index in [0.717, 1.165) is 54.1 Å². The van der Waals surface area contributed by atoms with Crippen LogP contribution in [0, 0.1) is 0 Å². The van der Waals surface area contributed by atoms with E-state index in [1.165, 1.54) is 5.56 Å². The number of nitrogens with one attached hydrogen (secondary N) is 1. The molecule has 1 amide bonds. The summed E-state index contributed by atoms with van der Waals surface area (Å²) < 4.78 is 0. The first-order valence-corrected chi connectivity index (χ1v) is 10.5. The zero-order valence-electron chi connectivity index (χ0n) is 16.8. The average Bonchev–Trinajstić information content (AvgIpc) is 2.77. The van der Waals surface area contributed by atoms with Gasteiger partial charge in [-0.25, -0.2) is 5.43 Å². The van der Waals surface area contributed by atoms with Crippen molar-refractivity contribution < 1.29 is 4.79 Å². The number of amides is 1. The largest absolute Gasteiger partial charge is 0.297 e. The molecule has 0 spiro atoms. The molecule has 1 N–H and O–H groups in total. The Kier molecular flexibility index (Phi) is 6.74. The molecule has 5 nitrogen and oxygen atoms in total. The monoisotopic (exact) mass is 420 g/mol. The molecule has 0 aliphatic carbocycles. The third kappa shape index (κ3) is 5.45. The molecule has 0 atom stereocenters. The first-order valence-electron chi connectivity index (χ1n) is 10.2. The van der Waals surface area contributed by atoms with Gasteiger partial charge in [-0.05, 0) is 28.5 Å². The molecule has 3 aromatic rings. The van der Waals surface area contributed by atoms with Crippen molar-refractivity contribution in [3.63, 3.8) is 0 Å². The standard InChI is InChI=1S/C24H25ClN4O/c25-22-10-8-19(9-11-22)17-28-12-14-29(15-13-28)18-24(30)27-26-16-21-6-3-5-20-4-1-2-7-23(20)21/h1-11,16H,12-15,17-18H2,(H,27,30)/b26-16-. The minimum atomic E-state index is -0.0855. The molecule has 0 bridgehead atoms. The Morgan fingerprint density at radius 3 is 2.43 bits per heavy atom. The van der Waals surface area contributed by atoms with Gasteiger partial charge in [0.2, 0.25) is 0 Å². The Hall–Kier alpha value is -2.73. The maximum absolute atomic E-state index is 12.3. The molecule has 1 aliphatic heterocycles. The highest BCUT2D eigenvalue weighted by Crippen LogP contribution is 2.16. The predicted octanol–water partition coefficient (Wildman–Crippen LogP) is 3.76.